The number of halogens is 6. The summed E-state index contributed by atoms with van der Waals surface area (Å²) in [6, 6.07) is 8.31. The SMILES string of the molecule is Cc1cccc(CN2C[C@@H]3CN(Cc4ccoc4)CCO[C@@H]3C2)n1.O=C(O)C(F)(F)F.O=C(O)C(F)(F)F. The van der Waals surface area contributed by atoms with Crippen molar-refractivity contribution in [1.82, 2.24) is 14.8 Å². The Hall–Kier alpha value is -3.17. The van der Waals surface area contributed by atoms with E-state index in [1.54, 1.807) is 6.26 Å². The number of carboxylic acids is 2. The molecule has 9 nitrogen and oxygen atoms in total. The number of likely N-dealkylation sites (tertiary alicyclic amines) is 1. The summed E-state index contributed by atoms with van der Waals surface area (Å²) >= 11 is 0. The molecule has 2 aromatic heterocycles. The van der Waals surface area contributed by atoms with E-state index in [1.807, 2.05) is 25.3 Å². The first-order valence-electron chi connectivity index (χ1n) is 11.2. The molecule has 38 heavy (non-hydrogen) atoms. The number of fused-ring (bicyclic) bond motifs is 1. The highest BCUT2D eigenvalue weighted by Gasteiger charge is 2.39. The molecule has 0 amide bonds. The number of rotatable bonds is 4. The normalized spacial score (nSPS) is 20.3. The summed E-state index contributed by atoms with van der Waals surface area (Å²) in [6.45, 7) is 8.92. The molecule has 212 valence electrons. The van der Waals surface area contributed by atoms with Crippen LogP contribution in [0.15, 0.2) is 41.2 Å². The summed E-state index contributed by atoms with van der Waals surface area (Å²) < 4.78 is 74.8. The zero-order chi connectivity index (χ0) is 28.5. The molecule has 0 spiro atoms. The van der Waals surface area contributed by atoms with Crippen molar-refractivity contribution in [2.24, 2.45) is 5.92 Å². The van der Waals surface area contributed by atoms with Gasteiger partial charge >= 0.3 is 24.3 Å². The minimum Gasteiger partial charge on any atom is -0.475 e. The van der Waals surface area contributed by atoms with Gasteiger partial charge in [0.2, 0.25) is 0 Å². The fourth-order valence-corrected chi connectivity index (χ4v) is 3.88. The van der Waals surface area contributed by atoms with E-state index in [9.17, 15) is 26.3 Å². The lowest BCUT2D eigenvalue weighted by atomic mass is 10.1. The molecular formula is C23H27F6N3O6. The third kappa shape index (κ3) is 10.7. The van der Waals surface area contributed by atoms with Gasteiger partial charge in [-0.2, -0.15) is 26.3 Å². The monoisotopic (exact) mass is 555 g/mol. The van der Waals surface area contributed by atoms with Crippen molar-refractivity contribution in [1.29, 1.82) is 0 Å². The number of aryl methyl sites for hydroxylation is 1. The van der Waals surface area contributed by atoms with Gasteiger partial charge in [0.15, 0.2) is 0 Å². The summed E-state index contributed by atoms with van der Waals surface area (Å²) in [7, 11) is 0. The molecule has 15 heteroatoms. The van der Waals surface area contributed by atoms with Gasteiger partial charge in [0.05, 0.1) is 30.9 Å². The van der Waals surface area contributed by atoms with Crippen molar-refractivity contribution >= 4 is 11.9 Å². The largest absolute Gasteiger partial charge is 0.490 e. The van der Waals surface area contributed by atoms with E-state index in [0.29, 0.717) is 12.0 Å². The van der Waals surface area contributed by atoms with Crippen LogP contribution in [-0.2, 0) is 27.4 Å². The Morgan fingerprint density at radius 3 is 2.11 bits per heavy atom. The summed E-state index contributed by atoms with van der Waals surface area (Å²) in [5.74, 6) is -4.94. The van der Waals surface area contributed by atoms with Crippen LogP contribution in [0.2, 0.25) is 0 Å². The summed E-state index contributed by atoms with van der Waals surface area (Å²) in [5.41, 5.74) is 3.48. The highest BCUT2D eigenvalue weighted by atomic mass is 19.4. The zero-order valence-corrected chi connectivity index (χ0v) is 20.2. The Labute approximate surface area is 213 Å². The van der Waals surface area contributed by atoms with E-state index < -0.39 is 24.3 Å². The number of ether oxygens (including phenoxy) is 1. The van der Waals surface area contributed by atoms with Crippen LogP contribution in [0.3, 0.4) is 0 Å². The van der Waals surface area contributed by atoms with Gasteiger partial charge in [0.1, 0.15) is 0 Å². The summed E-state index contributed by atoms with van der Waals surface area (Å²) in [5, 5.41) is 14.2. The lowest BCUT2D eigenvalue weighted by Gasteiger charge is -2.22. The molecule has 0 aliphatic carbocycles. The van der Waals surface area contributed by atoms with Crippen LogP contribution in [0, 0.1) is 12.8 Å². The van der Waals surface area contributed by atoms with E-state index in [-0.39, 0.29) is 0 Å². The maximum absolute atomic E-state index is 10.6. The fraction of sp³-hybridized carbons (Fsp3) is 0.522. The Kier molecular flexibility index (Phi) is 11.1. The molecule has 4 rings (SSSR count). The highest BCUT2D eigenvalue weighted by molar-refractivity contribution is 5.73. The van der Waals surface area contributed by atoms with Crippen molar-refractivity contribution in [3.05, 3.63) is 53.7 Å². The van der Waals surface area contributed by atoms with Gasteiger partial charge in [-0.3, -0.25) is 14.8 Å². The number of aromatic nitrogens is 1. The zero-order valence-electron chi connectivity index (χ0n) is 20.2. The van der Waals surface area contributed by atoms with Crippen molar-refractivity contribution < 1.29 is 55.3 Å². The summed E-state index contributed by atoms with van der Waals surface area (Å²) in [4.78, 5) is 27.4. The van der Waals surface area contributed by atoms with E-state index in [2.05, 4.69) is 26.9 Å². The Morgan fingerprint density at radius 2 is 1.58 bits per heavy atom. The van der Waals surface area contributed by atoms with Crippen LogP contribution in [0.4, 0.5) is 26.3 Å². The molecule has 0 bridgehead atoms. The Morgan fingerprint density at radius 1 is 0.974 bits per heavy atom. The van der Waals surface area contributed by atoms with Crippen LogP contribution >= 0.6 is 0 Å². The molecule has 0 aromatic carbocycles. The van der Waals surface area contributed by atoms with Gasteiger partial charge < -0.3 is 19.4 Å². The molecule has 4 heterocycles. The molecular weight excluding hydrogens is 528 g/mol. The lowest BCUT2D eigenvalue weighted by Crippen LogP contribution is -2.32. The van der Waals surface area contributed by atoms with Crippen LogP contribution < -0.4 is 0 Å². The fourth-order valence-electron chi connectivity index (χ4n) is 3.88. The highest BCUT2D eigenvalue weighted by Crippen LogP contribution is 2.25. The van der Waals surface area contributed by atoms with E-state index >= 15 is 0 Å². The van der Waals surface area contributed by atoms with Crippen LogP contribution in [0.5, 0.6) is 0 Å². The van der Waals surface area contributed by atoms with Crippen molar-refractivity contribution in [2.75, 3.05) is 32.8 Å². The maximum Gasteiger partial charge on any atom is 0.490 e. The number of aliphatic carboxylic acids is 2. The van der Waals surface area contributed by atoms with Crippen LogP contribution in [0.1, 0.15) is 17.0 Å². The number of pyridine rings is 1. The molecule has 0 radical (unpaired) electrons. The molecule has 2 aliphatic heterocycles. The third-order valence-electron chi connectivity index (χ3n) is 5.49. The minimum absolute atomic E-state index is 0.351. The second-order valence-electron chi connectivity index (χ2n) is 8.61. The smallest absolute Gasteiger partial charge is 0.475 e. The average Bonchev–Trinajstić information content (AvgIpc) is 3.39. The molecule has 2 atom stereocenters. The van der Waals surface area contributed by atoms with E-state index in [4.69, 9.17) is 29.0 Å². The molecule has 0 unspecified atom stereocenters. The predicted octanol–water partition coefficient (Wildman–Crippen LogP) is 3.58. The van der Waals surface area contributed by atoms with Crippen LogP contribution in [0.25, 0.3) is 0 Å². The Balaban J connectivity index is 0.000000301. The van der Waals surface area contributed by atoms with Crippen molar-refractivity contribution in [3.8, 4) is 0 Å². The van der Waals surface area contributed by atoms with Crippen molar-refractivity contribution in [3.63, 3.8) is 0 Å². The van der Waals surface area contributed by atoms with Crippen LogP contribution in [-0.4, -0.2) is 88.2 Å². The van der Waals surface area contributed by atoms with Gasteiger partial charge in [-0.25, -0.2) is 9.59 Å². The Bertz CT molecular complexity index is 1010. The number of carbonyl (C=O) groups is 2. The second-order valence-corrected chi connectivity index (χ2v) is 8.61. The second kappa shape index (κ2) is 13.6. The molecule has 2 aliphatic rings. The van der Waals surface area contributed by atoms with E-state index in [1.165, 1.54) is 5.56 Å². The first-order chi connectivity index (χ1) is 17.6. The summed E-state index contributed by atoms with van der Waals surface area (Å²) in [6.07, 6.45) is -6.23. The number of nitrogens with zero attached hydrogens (tertiary/aromatic N) is 3. The van der Waals surface area contributed by atoms with Gasteiger partial charge in [-0.15, -0.1) is 0 Å². The topological polar surface area (TPSA) is 116 Å². The first kappa shape index (κ1) is 31.1. The number of alkyl halides is 6. The van der Waals surface area contributed by atoms with Gasteiger partial charge in [0.25, 0.3) is 0 Å². The van der Waals surface area contributed by atoms with Gasteiger partial charge in [-0.1, -0.05) is 6.07 Å². The maximum atomic E-state index is 10.6. The molecule has 2 saturated heterocycles. The molecule has 2 fully saturated rings. The number of furan rings is 1. The van der Waals surface area contributed by atoms with E-state index in [0.717, 1.165) is 57.3 Å². The van der Waals surface area contributed by atoms with Crippen molar-refractivity contribution in [2.45, 2.75) is 38.5 Å². The molecule has 2 N–H and O–H groups in total. The number of hydrogen-bond acceptors (Lipinski definition) is 7. The van der Waals surface area contributed by atoms with Gasteiger partial charge in [-0.05, 0) is 25.1 Å². The quantitative estimate of drug-likeness (QED) is 0.546. The third-order valence-corrected chi connectivity index (χ3v) is 5.49. The number of carboxylic acid groups (broad SMARTS) is 2. The predicted molar refractivity (Wildman–Crippen MR) is 119 cm³/mol. The minimum atomic E-state index is -5.08. The van der Waals surface area contributed by atoms with Gasteiger partial charge in [0, 0.05) is 56.4 Å². The first-order valence-corrected chi connectivity index (χ1v) is 11.2. The number of hydrogen-bond donors (Lipinski definition) is 2. The average molecular weight is 555 g/mol. The standard InChI is InChI=1S/C19H25N3O2.2C2HF3O2/c1-15-3-2-4-18(20-15)12-22-11-17-10-21(6-8-24-19(17)13-22)9-16-5-7-23-14-16;2*3-2(4,5)1(6)7/h2-5,7,14,17,19H,6,8-13H2,1H3;2*(H,6,7)/t17-,19+;;/m0../s1. The lowest BCUT2D eigenvalue weighted by molar-refractivity contribution is -0.193. The molecule has 2 aromatic rings. The molecule has 0 saturated carbocycles.